The van der Waals surface area contributed by atoms with Crippen molar-refractivity contribution in [2.24, 2.45) is 0 Å². The SMILES string of the molecule is CC(=O)NC(CSc1ccccc1)C(=O)N1CCCCCC1. The fraction of sp³-hybridized carbons (Fsp3) is 0.529. The molecular weight excluding hydrogens is 296 g/mol. The monoisotopic (exact) mass is 320 g/mol. The first-order chi connectivity index (χ1) is 10.7. The zero-order chi connectivity index (χ0) is 15.8. The number of thioether (sulfide) groups is 1. The highest BCUT2D eigenvalue weighted by molar-refractivity contribution is 7.99. The van der Waals surface area contributed by atoms with E-state index in [-0.39, 0.29) is 11.8 Å². The Hall–Kier alpha value is -1.49. The summed E-state index contributed by atoms with van der Waals surface area (Å²) in [5.41, 5.74) is 0. The number of likely N-dealkylation sites (tertiary alicyclic amines) is 1. The van der Waals surface area contributed by atoms with Gasteiger partial charge in [-0.3, -0.25) is 9.59 Å². The van der Waals surface area contributed by atoms with Crippen molar-refractivity contribution in [3.05, 3.63) is 30.3 Å². The summed E-state index contributed by atoms with van der Waals surface area (Å²) in [5, 5.41) is 2.82. The Bertz CT molecular complexity index is 485. The molecule has 1 atom stereocenters. The lowest BCUT2D eigenvalue weighted by atomic mass is 10.2. The van der Waals surface area contributed by atoms with Gasteiger partial charge in [-0.2, -0.15) is 0 Å². The molecule has 1 aliphatic heterocycles. The zero-order valence-corrected chi connectivity index (χ0v) is 13.9. The van der Waals surface area contributed by atoms with Crippen LogP contribution in [0.4, 0.5) is 0 Å². The molecule has 1 unspecified atom stereocenters. The quantitative estimate of drug-likeness (QED) is 0.849. The smallest absolute Gasteiger partial charge is 0.246 e. The lowest BCUT2D eigenvalue weighted by Gasteiger charge is -2.26. The third-order valence-electron chi connectivity index (χ3n) is 3.75. The fourth-order valence-corrected chi connectivity index (χ4v) is 3.56. The predicted octanol–water partition coefficient (Wildman–Crippen LogP) is 2.69. The van der Waals surface area contributed by atoms with Gasteiger partial charge in [0, 0.05) is 30.7 Å². The lowest BCUT2D eigenvalue weighted by molar-refractivity contribution is -0.135. The van der Waals surface area contributed by atoms with Gasteiger partial charge >= 0.3 is 0 Å². The van der Waals surface area contributed by atoms with Gasteiger partial charge < -0.3 is 10.2 Å². The van der Waals surface area contributed by atoms with Gasteiger partial charge in [0.05, 0.1) is 0 Å². The highest BCUT2D eigenvalue weighted by Gasteiger charge is 2.25. The molecule has 1 aliphatic rings. The zero-order valence-electron chi connectivity index (χ0n) is 13.1. The second-order valence-electron chi connectivity index (χ2n) is 5.62. The van der Waals surface area contributed by atoms with E-state index < -0.39 is 6.04 Å². The summed E-state index contributed by atoms with van der Waals surface area (Å²) in [6, 6.07) is 9.52. The van der Waals surface area contributed by atoms with Crippen molar-refractivity contribution in [1.82, 2.24) is 10.2 Å². The number of carbonyl (C=O) groups excluding carboxylic acids is 2. The summed E-state index contributed by atoms with van der Waals surface area (Å²) in [4.78, 5) is 27.2. The van der Waals surface area contributed by atoms with Gasteiger partial charge in [-0.1, -0.05) is 31.0 Å². The normalized spacial score (nSPS) is 16.7. The Morgan fingerprint density at radius 2 is 1.77 bits per heavy atom. The van der Waals surface area contributed by atoms with E-state index in [1.165, 1.54) is 19.8 Å². The Labute approximate surface area is 136 Å². The molecule has 0 spiro atoms. The highest BCUT2D eigenvalue weighted by atomic mass is 32.2. The first kappa shape index (κ1) is 16.9. The van der Waals surface area contributed by atoms with Crippen molar-refractivity contribution in [3.8, 4) is 0 Å². The van der Waals surface area contributed by atoms with Crippen LogP contribution in [0.2, 0.25) is 0 Å². The largest absolute Gasteiger partial charge is 0.344 e. The van der Waals surface area contributed by atoms with E-state index in [9.17, 15) is 9.59 Å². The van der Waals surface area contributed by atoms with Crippen molar-refractivity contribution in [1.29, 1.82) is 0 Å². The molecule has 0 saturated carbocycles. The maximum atomic E-state index is 12.7. The molecule has 1 N–H and O–H groups in total. The van der Waals surface area contributed by atoms with Crippen LogP contribution in [0.5, 0.6) is 0 Å². The van der Waals surface area contributed by atoms with Crippen molar-refractivity contribution < 1.29 is 9.59 Å². The molecule has 120 valence electrons. The summed E-state index contributed by atoms with van der Waals surface area (Å²) in [6.45, 7) is 3.09. The summed E-state index contributed by atoms with van der Waals surface area (Å²) in [5.74, 6) is 0.473. The molecule has 5 heteroatoms. The number of amides is 2. The minimum Gasteiger partial charge on any atom is -0.344 e. The topological polar surface area (TPSA) is 49.4 Å². The Morgan fingerprint density at radius 3 is 2.36 bits per heavy atom. The van der Waals surface area contributed by atoms with Crippen LogP contribution in [0.25, 0.3) is 0 Å². The highest BCUT2D eigenvalue weighted by Crippen LogP contribution is 2.19. The van der Waals surface area contributed by atoms with E-state index in [0.717, 1.165) is 30.8 Å². The number of benzene rings is 1. The molecular formula is C17H24N2O2S. The number of carbonyl (C=O) groups is 2. The predicted molar refractivity (Wildman–Crippen MR) is 89.8 cm³/mol. The minimum absolute atomic E-state index is 0.0560. The van der Waals surface area contributed by atoms with E-state index in [0.29, 0.717) is 5.75 Å². The molecule has 0 bridgehead atoms. The Kier molecular flexibility index (Phi) is 6.77. The molecule has 2 rings (SSSR count). The minimum atomic E-state index is -0.444. The molecule has 4 nitrogen and oxygen atoms in total. The van der Waals surface area contributed by atoms with Crippen molar-refractivity contribution in [2.75, 3.05) is 18.8 Å². The van der Waals surface area contributed by atoms with Gasteiger partial charge in [-0.25, -0.2) is 0 Å². The Morgan fingerprint density at radius 1 is 1.14 bits per heavy atom. The van der Waals surface area contributed by atoms with Crippen LogP contribution in [-0.2, 0) is 9.59 Å². The fourth-order valence-electron chi connectivity index (χ4n) is 2.63. The number of hydrogen-bond acceptors (Lipinski definition) is 3. The maximum Gasteiger partial charge on any atom is 0.246 e. The molecule has 1 fully saturated rings. The average Bonchev–Trinajstić information content (AvgIpc) is 2.80. The van der Waals surface area contributed by atoms with Crippen molar-refractivity contribution >= 4 is 23.6 Å². The van der Waals surface area contributed by atoms with E-state index in [1.807, 2.05) is 35.2 Å². The third-order valence-corrected chi connectivity index (χ3v) is 4.86. The molecule has 1 aromatic rings. The summed E-state index contributed by atoms with van der Waals surface area (Å²) in [7, 11) is 0. The van der Waals surface area contributed by atoms with Gasteiger partial charge in [-0.15, -0.1) is 11.8 Å². The van der Waals surface area contributed by atoms with Crippen LogP contribution in [0.1, 0.15) is 32.6 Å². The van der Waals surface area contributed by atoms with E-state index >= 15 is 0 Å². The standard InChI is InChI=1S/C17H24N2O2S/c1-14(20)18-16(13-22-15-9-5-4-6-10-15)17(21)19-11-7-2-3-8-12-19/h4-6,9-10,16H,2-3,7-8,11-13H2,1H3,(H,18,20). The number of nitrogens with zero attached hydrogens (tertiary/aromatic N) is 1. The summed E-state index contributed by atoms with van der Waals surface area (Å²) >= 11 is 1.61. The Balaban J connectivity index is 1.97. The van der Waals surface area contributed by atoms with Crippen LogP contribution in [-0.4, -0.2) is 41.6 Å². The van der Waals surface area contributed by atoms with Crippen LogP contribution in [0, 0.1) is 0 Å². The van der Waals surface area contributed by atoms with Crippen molar-refractivity contribution in [3.63, 3.8) is 0 Å². The van der Waals surface area contributed by atoms with Crippen molar-refractivity contribution in [2.45, 2.75) is 43.5 Å². The summed E-state index contributed by atoms with van der Waals surface area (Å²) < 4.78 is 0. The molecule has 0 aromatic heterocycles. The van der Waals surface area contributed by atoms with Crippen LogP contribution in [0.15, 0.2) is 35.2 Å². The molecule has 2 amide bonds. The van der Waals surface area contributed by atoms with E-state index in [4.69, 9.17) is 0 Å². The molecule has 0 radical (unpaired) electrons. The van der Waals surface area contributed by atoms with Gasteiger partial charge in [0.1, 0.15) is 6.04 Å². The number of hydrogen-bond donors (Lipinski definition) is 1. The third kappa shape index (κ3) is 5.37. The second-order valence-corrected chi connectivity index (χ2v) is 6.71. The second kappa shape index (κ2) is 8.83. The van der Waals surface area contributed by atoms with Gasteiger partial charge in [0.15, 0.2) is 0 Å². The maximum absolute atomic E-state index is 12.7. The first-order valence-corrected chi connectivity index (χ1v) is 8.89. The van der Waals surface area contributed by atoms with Gasteiger partial charge in [0.2, 0.25) is 11.8 Å². The molecule has 22 heavy (non-hydrogen) atoms. The van der Waals surface area contributed by atoms with Gasteiger partial charge in [-0.05, 0) is 25.0 Å². The molecule has 1 aromatic carbocycles. The lowest BCUT2D eigenvalue weighted by Crippen LogP contribution is -2.49. The van der Waals surface area contributed by atoms with Crippen LogP contribution >= 0.6 is 11.8 Å². The van der Waals surface area contributed by atoms with E-state index in [2.05, 4.69) is 5.32 Å². The van der Waals surface area contributed by atoms with E-state index in [1.54, 1.807) is 11.8 Å². The van der Waals surface area contributed by atoms with Crippen LogP contribution < -0.4 is 5.32 Å². The average molecular weight is 320 g/mol. The molecule has 1 saturated heterocycles. The van der Waals surface area contributed by atoms with Gasteiger partial charge in [0.25, 0.3) is 0 Å². The molecule has 0 aliphatic carbocycles. The number of nitrogens with one attached hydrogen (secondary N) is 1. The first-order valence-electron chi connectivity index (χ1n) is 7.90. The number of rotatable bonds is 5. The molecule has 1 heterocycles. The van der Waals surface area contributed by atoms with Crippen LogP contribution in [0.3, 0.4) is 0 Å². The summed E-state index contributed by atoms with van der Waals surface area (Å²) in [6.07, 6.45) is 4.50.